The lowest BCUT2D eigenvalue weighted by molar-refractivity contribution is -0.132. The largest absolute Gasteiger partial charge is 0.364 e. The molecule has 0 aromatic heterocycles. The standard InChI is InChI=1S/C16H24N2O4S/c1-13(22-11-14-7-5-4-6-8-14)15(19)17-12-16(2)9-10-23(20,21)18(16)3/h4-8,13H,9-12H2,1-3H3,(H,17,19)/t13-,16?/m0/s1. The van der Waals surface area contributed by atoms with Crippen molar-refractivity contribution >= 4 is 15.9 Å². The van der Waals surface area contributed by atoms with Gasteiger partial charge in [0, 0.05) is 13.6 Å². The minimum Gasteiger partial charge on any atom is -0.364 e. The third-order valence-corrected chi connectivity index (χ3v) is 6.43. The Kier molecular flexibility index (Phi) is 5.44. The summed E-state index contributed by atoms with van der Waals surface area (Å²) in [5.41, 5.74) is 0.425. The molecular weight excluding hydrogens is 316 g/mol. The van der Waals surface area contributed by atoms with Gasteiger partial charge in [0.1, 0.15) is 6.10 Å². The zero-order valence-corrected chi connectivity index (χ0v) is 14.6. The van der Waals surface area contributed by atoms with E-state index in [4.69, 9.17) is 4.74 Å². The van der Waals surface area contributed by atoms with E-state index in [1.807, 2.05) is 37.3 Å². The quantitative estimate of drug-likeness (QED) is 0.842. The van der Waals surface area contributed by atoms with Crippen LogP contribution in [0.25, 0.3) is 0 Å². The van der Waals surface area contributed by atoms with Crippen LogP contribution in [0.2, 0.25) is 0 Å². The maximum Gasteiger partial charge on any atom is 0.248 e. The van der Waals surface area contributed by atoms with Gasteiger partial charge in [0.2, 0.25) is 15.9 Å². The first-order valence-corrected chi connectivity index (χ1v) is 9.25. The Bertz CT molecular complexity index is 647. The molecule has 1 amide bonds. The maximum atomic E-state index is 12.1. The van der Waals surface area contributed by atoms with Gasteiger partial charge in [-0.2, -0.15) is 4.31 Å². The Labute approximate surface area is 137 Å². The molecule has 1 unspecified atom stereocenters. The van der Waals surface area contributed by atoms with Gasteiger partial charge in [0.25, 0.3) is 0 Å². The van der Waals surface area contributed by atoms with Crippen LogP contribution in [0.1, 0.15) is 25.8 Å². The molecule has 0 aliphatic carbocycles. The van der Waals surface area contributed by atoms with E-state index >= 15 is 0 Å². The van der Waals surface area contributed by atoms with Crippen LogP contribution in [0.15, 0.2) is 30.3 Å². The van der Waals surface area contributed by atoms with E-state index in [0.717, 1.165) is 5.56 Å². The first-order valence-electron chi connectivity index (χ1n) is 7.64. The van der Waals surface area contributed by atoms with Gasteiger partial charge in [-0.25, -0.2) is 8.42 Å². The van der Waals surface area contributed by atoms with Crippen LogP contribution in [0, 0.1) is 0 Å². The number of benzene rings is 1. The van der Waals surface area contributed by atoms with Gasteiger partial charge in [-0.15, -0.1) is 0 Å². The summed E-state index contributed by atoms with van der Waals surface area (Å²) >= 11 is 0. The minimum atomic E-state index is -3.20. The second-order valence-corrected chi connectivity index (χ2v) is 8.31. The van der Waals surface area contributed by atoms with Gasteiger partial charge >= 0.3 is 0 Å². The minimum absolute atomic E-state index is 0.121. The molecule has 0 radical (unpaired) electrons. The van der Waals surface area contributed by atoms with Gasteiger partial charge in [-0.05, 0) is 25.8 Å². The number of nitrogens with zero attached hydrogens (tertiary/aromatic N) is 1. The average Bonchev–Trinajstić information content (AvgIpc) is 2.75. The fourth-order valence-corrected chi connectivity index (χ4v) is 4.27. The van der Waals surface area contributed by atoms with Crippen LogP contribution in [0.4, 0.5) is 0 Å². The molecule has 23 heavy (non-hydrogen) atoms. The van der Waals surface area contributed by atoms with E-state index in [2.05, 4.69) is 5.32 Å². The van der Waals surface area contributed by atoms with Crippen LogP contribution >= 0.6 is 0 Å². The van der Waals surface area contributed by atoms with Crippen molar-refractivity contribution in [2.45, 2.75) is 38.5 Å². The Morgan fingerprint density at radius 2 is 2.04 bits per heavy atom. The van der Waals surface area contributed by atoms with Gasteiger partial charge in [0.05, 0.1) is 17.9 Å². The van der Waals surface area contributed by atoms with Crippen LogP contribution in [0.5, 0.6) is 0 Å². The molecule has 0 spiro atoms. The topological polar surface area (TPSA) is 75.7 Å². The van der Waals surface area contributed by atoms with E-state index < -0.39 is 21.7 Å². The van der Waals surface area contributed by atoms with Crippen LogP contribution < -0.4 is 5.32 Å². The van der Waals surface area contributed by atoms with E-state index in [1.165, 1.54) is 4.31 Å². The predicted molar refractivity (Wildman–Crippen MR) is 88.3 cm³/mol. The van der Waals surface area contributed by atoms with E-state index in [1.54, 1.807) is 14.0 Å². The zero-order chi connectivity index (χ0) is 17.1. The number of likely N-dealkylation sites (N-methyl/N-ethyl adjacent to an activating group) is 1. The highest BCUT2D eigenvalue weighted by molar-refractivity contribution is 7.89. The van der Waals surface area contributed by atoms with Crippen LogP contribution in [0.3, 0.4) is 0 Å². The molecule has 1 saturated heterocycles. The number of hydrogen-bond donors (Lipinski definition) is 1. The van der Waals surface area contributed by atoms with Gasteiger partial charge in [-0.3, -0.25) is 4.79 Å². The molecule has 1 aromatic rings. The molecule has 0 bridgehead atoms. The highest BCUT2D eigenvalue weighted by atomic mass is 32.2. The van der Waals surface area contributed by atoms with Crippen molar-refractivity contribution in [1.29, 1.82) is 0 Å². The third-order valence-electron chi connectivity index (χ3n) is 4.43. The fourth-order valence-electron chi connectivity index (χ4n) is 2.47. The number of sulfonamides is 1. The summed E-state index contributed by atoms with van der Waals surface area (Å²) in [7, 11) is -1.64. The summed E-state index contributed by atoms with van der Waals surface area (Å²) in [6, 6.07) is 9.63. The van der Waals surface area contributed by atoms with Gasteiger partial charge in [0.15, 0.2) is 0 Å². The monoisotopic (exact) mass is 340 g/mol. The molecule has 6 nitrogen and oxygen atoms in total. The Hall–Kier alpha value is -1.44. The molecule has 1 aromatic carbocycles. The van der Waals surface area contributed by atoms with Crippen molar-refractivity contribution in [3.63, 3.8) is 0 Å². The Balaban J connectivity index is 1.82. The summed E-state index contributed by atoms with van der Waals surface area (Å²) in [5.74, 6) is -0.115. The highest BCUT2D eigenvalue weighted by Gasteiger charge is 2.44. The SMILES string of the molecule is C[C@H](OCc1ccccc1)C(=O)NCC1(C)CCS(=O)(=O)N1C. The van der Waals surface area contributed by atoms with Crippen LogP contribution in [-0.2, 0) is 26.2 Å². The van der Waals surface area contributed by atoms with Gasteiger partial charge < -0.3 is 10.1 Å². The smallest absolute Gasteiger partial charge is 0.248 e. The number of rotatable bonds is 6. The molecule has 2 rings (SSSR count). The second-order valence-electron chi connectivity index (χ2n) is 6.19. The molecule has 1 N–H and O–H groups in total. The number of amides is 1. The van der Waals surface area contributed by atoms with Crippen molar-refractivity contribution in [3.05, 3.63) is 35.9 Å². The van der Waals surface area contributed by atoms with Gasteiger partial charge in [-0.1, -0.05) is 30.3 Å². The second kappa shape index (κ2) is 6.98. The molecule has 0 saturated carbocycles. The molecule has 1 fully saturated rings. The summed E-state index contributed by atoms with van der Waals surface area (Å²) in [6.07, 6.45) is -0.0899. The molecule has 2 atom stereocenters. The zero-order valence-electron chi connectivity index (χ0n) is 13.8. The van der Waals surface area contributed by atoms with E-state index in [-0.39, 0.29) is 18.2 Å². The third kappa shape index (κ3) is 4.31. The molecule has 7 heteroatoms. The van der Waals surface area contributed by atoms with Crippen molar-refractivity contribution in [2.24, 2.45) is 0 Å². The first kappa shape index (κ1) is 17.9. The lowest BCUT2D eigenvalue weighted by atomic mass is 9.99. The summed E-state index contributed by atoms with van der Waals surface area (Å²) in [6.45, 7) is 4.17. The number of hydrogen-bond acceptors (Lipinski definition) is 4. The normalized spacial score (nSPS) is 25.2. The molecular formula is C16H24N2O4S. The van der Waals surface area contributed by atoms with E-state index in [0.29, 0.717) is 13.0 Å². The fraction of sp³-hybridized carbons (Fsp3) is 0.562. The van der Waals surface area contributed by atoms with E-state index in [9.17, 15) is 13.2 Å². The molecule has 128 valence electrons. The number of carbonyl (C=O) groups excluding carboxylic acids is 1. The number of ether oxygens (including phenoxy) is 1. The maximum absolute atomic E-state index is 12.1. The summed E-state index contributed by atoms with van der Waals surface area (Å²) in [5, 5.41) is 2.80. The Morgan fingerprint density at radius 1 is 1.39 bits per heavy atom. The molecule has 1 aliphatic rings. The first-order chi connectivity index (χ1) is 10.7. The van der Waals surface area contributed by atoms with Crippen molar-refractivity contribution in [3.8, 4) is 0 Å². The predicted octanol–water partition coefficient (Wildman–Crippen LogP) is 1.13. The lowest BCUT2D eigenvalue weighted by Crippen LogP contribution is -2.50. The van der Waals surface area contributed by atoms with Crippen LogP contribution in [-0.4, -0.2) is 49.6 Å². The molecule has 1 aliphatic heterocycles. The summed E-state index contributed by atoms with van der Waals surface area (Å²) < 4.78 is 30.5. The van der Waals surface area contributed by atoms with Crippen molar-refractivity contribution in [2.75, 3.05) is 19.3 Å². The highest BCUT2D eigenvalue weighted by Crippen LogP contribution is 2.29. The average molecular weight is 340 g/mol. The van der Waals surface area contributed by atoms with Crippen molar-refractivity contribution < 1.29 is 17.9 Å². The Morgan fingerprint density at radius 3 is 2.61 bits per heavy atom. The number of nitrogens with one attached hydrogen (secondary N) is 1. The van der Waals surface area contributed by atoms with Crippen molar-refractivity contribution in [1.82, 2.24) is 9.62 Å². The molecule has 1 heterocycles. The summed E-state index contributed by atoms with van der Waals surface area (Å²) in [4.78, 5) is 12.1. The number of carbonyl (C=O) groups is 1. The lowest BCUT2D eigenvalue weighted by Gasteiger charge is -2.31.